The van der Waals surface area contributed by atoms with E-state index in [4.69, 9.17) is 4.84 Å². The highest BCUT2D eigenvalue weighted by atomic mass is 16.6. The van der Waals surface area contributed by atoms with Crippen LogP contribution < -0.4 is 5.32 Å². The molecule has 0 bridgehead atoms. The standard InChI is InChI=1S/C20H22N2O2/c1-14-12-17(11-10-16-8-6-5-7-9-16)18(13-15(14)2)19(22-24-4)20(23)21-3/h5-9H,12-13H2,1-4H3,(H,21,23)/b22-19-. The molecular weight excluding hydrogens is 300 g/mol. The van der Waals surface area contributed by atoms with Gasteiger partial charge in [0.25, 0.3) is 5.91 Å². The van der Waals surface area contributed by atoms with E-state index in [0.717, 1.165) is 23.1 Å². The average Bonchev–Trinajstić information content (AvgIpc) is 2.60. The van der Waals surface area contributed by atoms with Gasteiger partial charge in [-0.1, -0.05) is 46.3 Å². The third kappa shape index (κ3) is 4.14. The number of allylic oxidation sites excluding steroid dienone is 3. The van der Waals surface area contributed by atoms with Crippen molar-refractivity contribution in [2.45, 2.75) is 26.7 Å². The molecule has 0 saturated carbocycles. The molecule has 0 unspecified atom stereocenters. The summed E-state index contributed by atoms with van der Waals surface area (Å²) in [6.45, 7) is 4.17. The van der Waals surface area contributed by atoms with Crippen molar-refractivity contribution in [3.8, 4) is 11.8 Å². The Morgan fingerprint density at radius 3 is 2.42 bits per heavy atom. The predicted molar refractivity (Wildman–Crippen MR) is 96.5 cm³/mol. The average molecular weight is 322 g/mol. The highest BCUT2D eigenvalue weighted by molar-refractivity contribution is 6.45. The van der Waals surface area contributed by atoms with Crippen LogP contribution >= 0.6 is 0 Å². The molecule has 1 amide bonds. The maximum atomic E-state index is 12.2. The van der Waals surface area contributed by atoms with Crippen molar-refractivity contribution in [2.75, 3.05) is 14.2 Å². The lowest BCUT2D eigenvalue weighted by molar-refractivity contribution is -0.114. The van der Waals surface area contributed by atoms with Crippen molar-refractivity contribution in [1.29, 1.82) is 0 Å². The smallest absolute Gasteiger partial charge is 0.273 e. The van der Waals surface area contributed by atoms with Crippen molar-refractivity contribution in [1.82, 2.24) is 5.32 Å². The van der Waals surface area contributed by atoms with Gasteiger partial charge in [-0.05, 0) is 32.4 Å². The fourth-order valence-electron chi connectivity index (χ4n) is 2.50. The fraction of sp³-hybridized carbons (Fsp3) is 0.300. The molecule has 0 spiro atoms. The lowest BCUT2D eigenvalue weighted by atomic mass is 9.85. The highest BCUT2D eigenvalue weighted by Gasteiger charge is 2.24. The zero-order valence-corrected chi connectivity index (χ0v) is 14.6. The van der Waals surface area contributed by atoms with E-state index < -0.39 is 0 Å². The van der Waals surface area contributed by atoms with Gasteiger partial charge in [0.1, 0.15) is 7.11 Å². The highest BCUT2D eigenvalue weighted by Crippen LogP contribution is 2.30. The van der Waals surface area contributed by atoms with Crippen LogP contribution in [0.15, 0.2) is 57.8 Å². The van der Waals surface area contributed by atoms with Gasteiger partial charge in [-0.25, -0.2) is 0 Å². The lowest BCUT2D eigenvalue weighted by Crippen LogP contribution is -2.30. The molecular formula is C20H22N2O2. The number of oxime groups is 1. The minimum absolute atomic E-state index is 0.266. The van der Waals surface area contributed by atoms with Crippen LogP contribution in [0.3, 0.4) is 0 Å². The summed E-state index contributed by atoms with van der Waals surface area (Å²) in [5, 5.41) is 6.56. The van der Waals surface area contributed by atoms with Gasteiger partial charge >= 0.3 is 0 Å². The molecule has 2 rings (SSSR count). The SMILES string of the molecule is CNC(=O)/C(=N\OC)C1=C(C#Cc2ccccc2)CC(C)=C(C)C1. The molecule has 124 valence electrons. The van der Waals surface area contributed by atoms with E-state index in [9.17, 15) is 4.79 Å². The normalized spacial score (nSPS) is 14.9. The first-order valence-corrected chi connectivity index (χ1v) is 7.84. The van der Waals surface area contributed by atoms with Crippen LogP contribution in [0.4, 0.5) is 0 Å². The Hall–Kier alpha value is -2.80. The number of nitrogens with one attached hydrogen (secondary N) is 1. The molecule has 0 atom stereocenters. The molecule has 1 aliphatic carbocycles. The number of benzene rings is 1. The Labute approximate surface area is 143 Å². The molecule has 0 heterocycles. The Morgan fingerprint density at radius 1 is 1.12 bits per heavy atom. The Kier molecular flexibility index (Phi) is 5.97. The van der Waals surface area contributed by atoms with E-state index in [2.05, 4.69) is 36.2 Å². The quantitative estimate of drug-likeness (QED) is 0.402. The molecule has 1 N–H and O–H groups in total. The summed E-state index contributed by atoms with van der Waals surface area (Å²) in [6.07, 6.45) is 1.38. The largest absolute Gasteiger partial charge is 0.398 e. The van der Waals surface area contributed by atoms with Gasteiger partial charge in [0.05, 0.1) is 0 Å². The summed E-state index contributed by atoms with van der Waals surface area (Å²) in [6, 6.07) is 9.80. The van der Waals surface area contributed by atoms with Crippen LogP contribution in [-0.4, -0.2) is 25.8 Å². The van der Waals surface area contributed by atoms with Crippen molar-refractivity contribution in [3.63, 3.8) is 0 Å². The van der Waals surface area contributed by atoms with Gasteiger partial charge in [-0.15, -0.1) is 0 Å². The first kappa shape index (κ1) is 17.6. The number of amides is 1. The number of hydrogen-bond donors (Lipinski definition) is 1. The number of rotatable bonds is 3. The van der Waals surface area contributed by atoms with E-state index >= 15 is 0 Å². The molecule has 1 aliphatic rings. The Balaban J connectivity index is 2.49. The maximum absolute atomic E-state index is 12.2. The molecule has 4 nitrogen and oxygen atoms in total. The zero-order chi connectivity index (χ0) is 17.5. The monoisotopic (exact) mass is 322 g/mol. The topological polar surface area (TPSA) is 50.7 Å². The molecule has 24 heavy (non-hydrogen) atoms. The Bertz CT molecular complexity index is 775. The molecule has 1 aromatic carbocycles. The van der Waals surface area contributed by atoms with E-state index in [-0.39, 0.29) is 5.91 Å². The van der Waals surface area contributed by atoms with Gasteiger partial charge in [-0.2, -0.15) is 0 Å². The van der Waals surface area contributed by atoms with Gasteiger partial charge in [0, 0.05) is 30.2 Å². The van der Waals surface area contributed by atoms with E-state index in [1.54, 1.807) is 7.05 Å². The molecule has 0 aromatic heterocycles. The molecule has 1 aromatic rings. The number of hydrogen-bond acceptors (Lipinski definition) is 3. The second kappa shape index (κ2) is 8.16. The lowest BCUT2D eigenvalue weighted by Gasteiger charge is -2.20. The van der Waals surface area contributed by atoms with Crippen molar-refractivity contribution in [3.05, 3.63) is 58.2 Å². The maximum Gasteiger partial charge on any atom is 0.273 e. The first-order valence-electron chi connectivity index (χ1n) is 7.84. The summed E-state index contributed by atoms with van der Waals surface area (Å²) >= 11 is 0. The summed E-state index contributed by atoms with van der Waals surface area (Å²) < 4.78 is 0. The van der Waals surface area contributed by atoms with Crippen molar-refractivity contribution >= 4 is 11.6 Å². The second-order valence-corrected chi connectivity index (χ2v) is 5.69. The summed E-state index contributed by atoms with van der Waals surface area (Å²) in [5.41, 5.74) is 5.51. The molecule has 0 aliphatic heterocycles. The van der Waals surface area contributed by atoms with E-state index in [1.807, 2.05) is 30.3 Å². The number of carbonyl (C=O) groups excluding carboxylic acids is 1. The van der Waals surface area contributed by atoms with E-state index in [0.29, 0.717) is 12.1 Å². The van der Waals surface area contributed by atoms with Gasteiger partial charge in [0.15, 0.2) is 5.71 Å². The van der Waals surface area contributed by atoms with Gasteiger partial charge < -0.3 is 10.2 Å². The summed E-state index contributed by atoms with van der Waals surface area (Å²) in [5.74, 6) is 6.15. The minimum Gasteiger partial charge on any atom is -0.398 e. The van der Waals surface area contributed by atoms with Crippen LogP contribution in [0.5, 0.6) is 0 Å². The van der Waals surface area contributed by atoms with Crippen molar-refractivity contribution < 1.29 is 9.63 Å². The van der Waals surface area contributed by atoms with Crippen LogP contribution in [0.1, 0.15) is 32.3 Å². The minimum atomic E-state index is -0.266. The third-order valence-electron chi connectivity index (χ3n) is 4.02. The number of nitrogens with zero attached hydrogens (tertiary/aromatic N) is 1. The van der Waals surface area contributed by atoms with Crippen LogP contribution in [0.25, 0.3) is 0 Å². The Morgan fingerprint density at radius 2 is 1.79 bits per heavy atom. The first-order chi connectivity index (χ1) is 11.6. The van der Waals surface area contributed by atoms with Gasteiger partial charge in [-0.3, -0.25) is 4.79 Å². The second-order valence-electron chi connectivity index (χ2n) is 5.69. The van der Waals surface area contributed by atoms with Crippen molar-refractivity contribution in [2.24, 2.45) is 5.16 Å². The van der Waals surface area contributed by atoms with Gasteiger partial charge in [0.2, 0.25) is 0 Å². The predicted octanol–water partition coefficient (Wildman–Crippen LogP) is 3.21. The fourth-order valence-corrected chi connectivity index (χ4v) is 2.50. The molecule has 0 fully saturated rings. The molecule has 0 saturated heterocycles. The van der Waals surface area contributed by atoms with E-state index in [1.165, 1.54) is 18.3 Å². The number of carbonyl (C=O) groups is 1. The zero-order valence-electron chi connectivity index (χ0n) is 14.6. The van der Waals surface area contributed by atoms with Crippen LogP contribution in [0.2, 0.25) is 0 Å². The molecule has 0 radical (unpaired) electrons. The third-order valence-corrected chi connectivity index (χ3v) is 4.02. The van der Waals surface area contributed by atoms with Crippen LogP contribution in [-0.2, 0) is 9.63 Å². The summed E-state index contributed by atoms with van der Waals surface area (Å²) in [4.78, 5) is 17.1. The van der Waals surface area contributed by atoms with Crippen LogP contribution in [0, 0.1) is 11.8 Å². The molecule has 4 heteroatoms. The summed E-state index contributed by atoms with van der Waals surface area (Å²) in [7, 11) is 3.02.